The zero-order valence-electron chi connectivity index (χ0n) is 15.3. The van der Waals surface area contributed by atoms with Crippen LogP contribution >= 0.6 is 0 Å². The molecule has 7 heteroatoms. The predicted molar refractivity (Wildman–Crippen MR) is 97.5 cm³/mol. The monoisotopic (exact) mass is 369 g/mol. The second kappa shape index (κ2) is 6.71. The van der Waals surface area contributed by atoms with Crippen molar-refractivity contribution in [2.45, 2.75) is 44.8 Å². The highest BCUT2D eigenvalue weighted by Crippen LogP contribution is 2.33. The maximum atomic E-state index is 13.1. The molecule has 27 heavy (non-hydrogen) atoms. The molecular formula is C20H24FN5O. The molecule has 0 bridgehead atoms. The highest BCUT2D eigenvalue weighted by molar-refractivity contribution is 5.91. The summed E-state index contributed by atoms with van der Waals surface area (Å²) in [6, 6.07) is 7.06. The number of hydrogen-bond donors (Lipinski definition) is 1. The number of aromatic nitrogens is 3. The van der Waals surface area contributed by atoms with Crippen molar-refractivity contribution in [1.29, 1.82) is 0 Å². The Kier molecular flexibility index (Phi) is 4.19. The number of rotatable bonds is 4. The lowest BCUT2D eigenvalue weighted by atomic mass is 9.89. The SMILES string of the molecule is O=C(NC1CCC1)c1nnc2n1CC1CN(Cc3ccc(F)cc3)CC1C2. The molecule has 0 spiro atoms. The Labute approximate surface area is 157 Å². The van der Waals surface area contributed by atoms with E-state index in [1.165, 1.54) is 18.6 Å². The number of amides is 1. The summed E-state index contributed by atoms with van der Waals surface area (Å²) in [5, 5.41) is 11.6. The topological polar surface area (TPSA) is 63.1 Å². The first-order valence-electron chi connectivity index (χ1n) is 9.85. The molecule has 0 radical (unpaired) electrons. The van der Waals surface area contributed by atoms with E-state index in [2.05, 4.69) is 20.4 Å². The molecule has 142 valence electrons. The average Bonchev–Trinajstić information content (AvgIpc) is 3.20. The molecule has 1 aromatic carbocycles. The van der Waals surface area contributed by atoms with E-state index in [1.807, 2.05) is 16.7 Å². The van der Waals surface area contributed by atoms with Crippen molar-refractivity contribution in [2.24, 2.45) is 11.8 Å². The van der Waals surface area contributed by atoms with Gasteiger partial charge in [-0.25, -0.2) is 4.39 Å². The molecule has 1 N–H and O–H groups in total. The minimum absolute atomic E-state index is 0.0851. The van der Waals surface area contributed by atoms with Crippen molar-refractivity contribution in [2.75, 3.05) is 13.1 Å². The highest BCUT2D eigenvalue weighted by Gasteiger charge is 2.39. The van der Waals surface area contributed by atoms with Gasteiger partial charge < -0.3 is 9.88 Å². The summed E-state index contributed by atoms with van der Waals surface area (Å²) in [6.07, 6.45) is 4.19. The van der Waals surface area contributed by atoms with Crippen molar-refractivity contribution in [3.8, 4) is 0 Å². The molecule has 1 amide bonds. The molecule has 2 unspecified atom stereocenters. The van der Waals surface area contributed by atoms with Crippen LogP contribution in [0.4, 0.5) is 4.39 Å². The normalized spacial score (nSPS) is 24.9. The summed E-state index contributed by atoms with van der Waals surface area (Å²) in [6.45, 7) is 3.64. The Morgan fingerprint density at radius 1 is 1.11 bits per heavy atom. The van der Waals surface area contributed by atoms with Crippen LogP contribution in [-0.4, -0.2) is 44.7 Å². The first-order valence-corrected chi connectivity index (χ1v) is 9.85. The lowest BCUT2D eigenvalue weighted by molar-refractivity contribution is 0.0898. The first kappa shape index (κ1) is 16.9. The Bertz CT molecular complexity index is 845. The third-order valence-electron chi connectivity index (χ3n) is 6.30. The molecule has 1 aromatic heterocycles. The maximum absolute atomic E-state index is 13.1. The van der Waals surface area contributed by atoms with Gasteiger partial charge in [0.1, 0.15) is 11.6 Å². The van der Waals surface area contributed by atoms with Crippen LogP contribution in [0.3, 0.4) is 0 Å². The number of carbonyl (C=O) groups excluding carboxylic acids is 1. The molecule has 2 fully saturated rings. The molecule has 2 aromatic rings. The van der Waals surface area contributed by atoms with Crippen LogP contribution in [0.2, 0.25) is 0 Å². The van der Waals surface area contributed by atoms with E-state index < -0.39 is 0 Å². The Morgan fingerprint density at radius 3 is 2.63 bits per heavy atom. The fraction of sp³-hybridized carbons (Fsp3) is 0.550. The smallest absolute Gasteiger partial charge is 0.289 e. The van der Waals surface area contributed by atoms with E-state index in [0.717, 1.165) is 56.8 Å². The van der Waals surface area contributed by atoms with Gasteiger partial charge in [-0.15, -0.1) is 10.2 Å². The maximum Gasteiger partial charge on any atom is 0.289 e. The predicted octanol–water partition coefficient (Wildman–Crippen LogP) is 2.00. The third kappa shape index (κ3) is 3.25. The van der Waals surface area contributed by atoms with Crippen molar-refractivity contribution in [3.63, 3.8) is 0 Å². The zero-order chi connectivity index (χ0) is 18.4. The fourth-order valence-corrected chi connectivity index (χ4v) is 4.57. The number of hydrogen-bond acceptors (Lipinski definition) is 4. The van der Waals surface area contributed by atoms with Gasteiger partial charge in [-0.3, -0.25) is 9.69 Å². The Balaban J connectivity index is 1.26. The van der Waals surface area contributed by atoms with E-state index in [0.29, 0.717) is 23.7 Å². The summed E-state index contributed by atoms with van der Waals surface area (Å²) in [5.41, 5.74) is 1.13. The summed E-state index contributed by atoms with van der Waals surface area (Å²) in [7, 11) is 0. The quantitative estimate of drug-likeness (QED) is 0.896. The minimum atomic E-state index is -0.195. The molecule has 3 aliphatic rings. The third-order valence-corrected chi connectivity index (χ3v) is 6.30. The van der Waals surface area contributed by atoms with Crippen LogP contribution in [0.5, 0.6) is 0 Å². The van der Waals surface area contributed by atoms with Gasteiger partial charge >= 0.3 is 0 Å². The van der Waals surface area contributed by atoms with Gasteiger partial charge in [0.05, 0.1) is 0 Å². The van der Waals surface area contributed by atoms with Crippen molar-refractivity contribution in [3.05, 3.63) is 47.3 Å². The highest BCUT2D eigenvalue weighted by atomic mass is 19.1. The van der Waals surface area contributed by atoms with Crippen LogP contribution in [0, 0.1) is 17.7 Å². The number of nitrogens with zero attached hydrogens (tertiary/aromatic N) is 4. The van der Waals surface area contributed by atoms with Crippen LogP contribution in [-0.2, 0) is 19.5 Å². The van der Waals surface area contributed by atoms with Gasteiger partial charge in [0, 0.05) is 38.6 Å². The van der Waals surface area contributed by atoms with Gasteiger partial charge in [-0.2, -0.15) is 0 Å². The number of fused-ring (bicyclic) bond motifs is 2. The summed E-state index contributed by atoms with van der Waals surface area (Å²) in [4.78, 5) is 15.0. The number of benzene rings is 1. The van der Waals surface area contributed by atoms with Crippen LogP contribution in [0.1, 0.15) is 41.3 Å². The number of nitrogens with one attached hydrogen (secondary N) is 1. The molecular weight excluding hydrogens is 345 g/mol. The number of likely N-dealkylation sites (tertiary alicyclic amines) is 1. The van der Waals surface area contributed by atoms with Crippen molar-refractivity contribution in [1.82, 2.24) is 25.0 Å². The standard InChI is InChI=1S/C20H24FN5O/c21-16-6-4-13(5-7-16)9-25-10-14-8-18-23-24-19(26(18)12-15(14)11-25)20(27)22-17-2-1-3-17/h4-7,14-15,17H,1-3,8-12H2,(H,22,27). The second-order valence-corrected chi connectivity index (χ2v) is 8.20. The molecule has 2 atom stereocenters. The second-order valence-electron chi connectivity index (χ2n) is 8.20. The van der Waals surface area contributed by atoms with E-state index >= 15 is 0 Å². The van der Waals surface area contributed by atoms with E-state index in [-0.39, 0.29) is 11.7 Å². The van der Waals surface area contributed by atoms with E-state index in [1.54, 1.807) is 0 Å². The fourth-order valence-electron chi connectivity index (χ4n) is 4.57. The summed E-state index contributed by atoms with van der Waals surface area (Å²) in [5.74, 6) is 2.16. The first-order chi connectivity index (χ1) is 13.2. The van der Waals surface area contributed by atoms with Crippen LogP contribution < -0.4 is 5.32 Å². The van der Waals surface area contributed by atoms with Gasteiger partial charge in [0.2, 0.25) is 5.82 Å². The van der Waals surface area contributed by atoms with Gasteiger partial charge in [0.15, 0.2) is 0 Å². The zero-order valence-corrected chi connectivity index (χ0v) is 15.3. The van der Waals surface area contributed by atoms with Gasteiger partial charge in [-0.05, 0) is 48.8 Å². The van der Waals surface area contributed by atoms with E-state index in [9.17, 15) is 9.18 Å². The molecule has 5 rings (SSSR count). The average molecular weight is 369 g/mol. The summed E-state index contributed by atoms with van der Waals surface area (Å²) >= 11 is 0. The molecule has 1 saturated heterocycles. The molecule has 1 saturated carbocycles. The van der Waals surface area contributed by atoms with Crippen molar-refractivity contribution < 1.29 is 9.18 Å². The molecule has 6 nitrogen and oxygen atoms in total. The number of carbonyl (C=O) groups is 1. The van der Waals surface area contributed by atoms with Crippen molar-refractivity contribution >= 4 is 5.91 Å². The Hall–Kier alpha value is -2.28. The number of halogens is 1. The molecule has 1 aliphatic carbocycles. The summed E-state index contributed by atoms with van der Waals surface area (Å²) < 4.78 is 15.1. The van der Waals surface area contributed by atoms with Gasteiger partial charge in [-0.1, -0.05) is 12.1 Å². The van der Waals surface area contributed by atoms with Crippen LogP contribution in [0.25, 0.3) is 0 Å². The largest absolute Gasteiger partial charge is 0.347 e. The molecule has 2 aliphatic heterocycles. The van der Waals surface area contributed by atoms with Gasteiger partial charge in [0.25, 0.3) is 5.91 Å². The van der Waals surface area contributed by atoms with Crippen LogP contribution in [0.15, 0.2) is 24.3 Å². The minimum Gasteiger partial charge on any atom is -0.347 e. The Morgan fingerprint density at radius 2 is 1.89 bits per heavy atom. The lowest BCUT2D eigenvalue weighted by Crippen LogP contribution is -2.41. The molecule has 3 heterocycles. The van der Waals surface area contributed by atoms with E-state index in [4.69, 9.17) is 0 Å². The lowest BCUT2D eigenvalue weighted by Gasteiger charge is -2.28.